The largest absolute Gasteiger partial charge is 0.489 e. The fourth-order valence-corrected chi connectivity index (χ4v) is 4.31. The molecule has 6 nitrogen and oxygen atoms in total. The Bertz CT molecular complexity index is 857. The third-order valence-corrected chi connectivity index (χ3v) is 6.17. The van der Waals surface area contributed by atoms with Crippen molar-refractivity contribution in [1.29, 1.82) is 0 Å². The molecular formula is C22H26N4O2S. The van der Waals surface area contributed by atoms with E-state index in [1.54, 1.807) is 17.5 Å². The van der Waals surface area contributed by atoms with Crippen molar-refractivity contribution in [2.45, 2.75) is 25.5 Å². The zero-order valence-electron chi connectivity index (χ0n) is 16.4. The molecule has 3 heterocycles. The Morgan fingerprint density at radius 2 is 1.97 bits per heavy atom. The van der Waals surface area contributed by atoms with Crippen molar-refractivity contribution in [2.75, 3.05) is 31.1 Å². The van der Waals surface area contributed by atoms with Gasteiger partial charge in [0.05, 0.1) is 12.9 Å². The summed E-state index contributed by atoms with van der Waals surface area (Å²) in [5, 5.41) is 2.12. The first kappa shape index (κ1) is 19.5. The normalized spacial score (nSPS) is 15.3. The molecule has 1 fully saturated rings. The van der Waals surface area contributed by atoms with E-state index in [-0.39, 0.29) is 6.10 Å². The summed E-state index contributed by atoms with van der Waals surface area (Å²) < 4.78 is 8.42. The number of carbonyl (C=O) groups excluding carboxylic acids is 1. The summed E-state index contributed by atoms with van der Waals surface area (Å²) in [7, 11) is 0. The van der Waals surface area contributed by atoms with Crippen molar-refractivity contribution in [2.24, 2.45) is 0 Å². The van der Waals surface area contributed by atoms with E-state index in [1.165, 1.54) is 10.6 Å². The Hall–Kier alpha value is -2.80. The van der Waals surface area contributed by atoms with Gasteiger partial charge in [0.1, 0.15) is 11.9 Å². The first-order valence-corrected chi connectivity index (χ1v) is 10.9. The number of aryl methyl sites for hydroxylation is 1. The van der Waals surface area contributed by atoms with Gasteiger partial charge in [0.15, 0.2) is 0 Å². The predicted octanol–water partition coefficient (Wildman–Crippen LogP) is 3.30. The van der Waals surface area contributed by atoms with Gasteiger partial charge < -0.3 is 19.1 Å². The smallest absolute Gasteiger partial charge is 0.209 e. The number of aromatic nitrogens is 2. The Morgan fingerprint density at radius 3 is 2.62 bits per heavy atom. The number of carbonyl (C=O) groups is 1. The van der Waals surface area contributed by atoms with E-state index in [9.17, 15) is 4.79 Å². The molecule has 152 valence electrons. The minimum atomic E-state index is 0.0771. The second kappa shape index (κ2) is 9.60. The van der Waals surface area contributed by atoms with Crippen LogP contribution in [0.2, 0.25) is 0 Å². The average molecular weight is 411 g/mol. The molecule has 29 heavy (non-hydrogen) atoms. The molecule has 0 radical (unpaired) electrons. The lowest BCUT2D eigenvalue weighted by Gasteiger charge is -2.34. The van der Waals surface area contributed by atoms with Crippen molar-refractivity contribution < 1.29 is 9.53 Å². The Balaban J connectivity index is 1.37. The van der Waals surface area contributed by atoms with Crippen molar-refractivity contribution in [3.05, 3.63) is 65.4 Å². The van der Waals surface area contributed by atoms with Crippen LogP contribution in [0.3, 0.4) is 0 Å². The topological polar surface area (TPSA) is 50.6 Å². The van der Waals surface area contributed by atoms with E-state index >= 15 is 0 Å². The fraction of sp³-hybridized carbons (Fsp3) is 0.364. The van der Waals surface area contributed by atoms with Crippen LogP contribution < -0.4 is 9.64 Å². The van der Waals surface area contributed by atoms with Gasteiger partial charge in [-0.05, 0) is 48.6 Å². The van der Waals surface area contributed by atoms with Crippen molar-refractivity contribution in [1.82, 2.24) is 14.5 Å². The number of hydrogen-bond acceptors (Lipinski definition) is 5. The van der Waals surface area contributed by atoms with Crippen LogP contribution in [0.25, 0.3) is 0 Å². The lowest BCUT2D eigenvalue weighted by molar-refractivity contribution is -0.118. The van der Waals surface area contributed by atoms with Gasteiger partial charge in [-0.1, -0.05) is 6.07 Å². The molecule has 1 amide bonds. The van der Waals surface area contributed by atoms with Crippen molar-refractivity contribution >= 4 is 23.4 Å². The summed E-state index contributed by atoms with van der Waals surface area (Å²) in [4.78, 5) is 20.5. The molecule has 0 spiro atoms. The molecule has 0 N–H and O–H groups in total. The highest BCUT2D eigenvalue weighted by molar-refractivity contribution is 7.09. The van der Waals surface area contributed by atoms with E-state index in [4.69, 9.17) is 4.74 Å². The number of hydrogen-bond donors (Lipinski definition) is 0. The van der Waals surface area contributed by atoms with Gasteiger partial charge in [-0.25, -0.2) is 4.98 Å². The maximum absolute atomic E-state index is 10.9. The minimum Gasteiger partial charge on any atom is -0.489 e. The van der Waals surface area contributed by atoms with Crippen LogP contribution in [-0.4, -0.2) is 53.1 Å². The number of nitrogens with zero attached hydrogens (tertiary/aromatic N) is 4. The average Bonchev–Trinajstić information content (AvgIpc) is 3.47. The maximum atomic E-state index is 10.9. The molecule has 3 aromatic rings. The van der Waals surface area contributed by atoms with E-state index in [2.05, 4.69) is 44.1 Å². The summed E-state index contributed by atoms with van der Waals surface area (Å²) >= 11 is 1.79. The van der Waals surface area contributed by atoms with Gasteiger partial charge in [0.25, 0.3) is 0 Å². The lowest BCUT2D eigenvalue weighted by Crippen LogP contribution is -2.45. The number of rotatable bonds is 9. The first-order valence-electron chi connectivity index (χ1n) is 9.99. The first-order chi connectivity index (χ1) is 14.3. The van der Waals surface area contributed by atoms with Crippen molar-refractivity contribution in [3.63, 3.8) is 0 Å². The molecule has 1 saturated heterocycles. The molecule has 0 aliphatic carbocycles. The maximum Gasteiger partial charge on any atom is 0.209 e. The van der Waals surface area contributed by atoms with Crippen LogP contribution >= 0.6 is 11.3 Å². The number of thiophene rings is 1. The highest BCUT2D eigenvalue weighted by Gasteiger charge is 2.16. The number of piperazine rings is 1. The van der Waals surface area contributed by atoms with Gasteiger partial charge in [0, 0.05) is 49.1 Å². The quantitative estimate of drug-likeness (QED) is 0.508. The molecule has 1 atom stereocenters. The molecule has 1 aliphatic heterocycles. The summed E-state index contributed by atoms with van der Waals surface area (Å²) in [6.45, 7) is 4.06. The number of amides is 1. The van der Waals surface area contributed by atoms with Gasteiger partial charge in [-0.2, -0.15) is 0 Å². The summed E-state index contributed by atoms with van der Waals surface area (Å²) in [6, 6.07) is 12.6. The SMILES string of the molecule is O=CN1CCN(c2ccc(OC(CCc3cccs3)Cn3ccnc3)cc2)CC1. The van der Waals surface area contributed by atoms with E-state index in [1.807, 2.05) is 29.6 Å². The van der Waals surface area contributed by atoms with Gasteiger partial charge in [0.2, 0.25) is 6.41 Å². The Labute approximate surface area is 175 Å². The van der Waals surface area contributed by atoms with Gasteiger partial charge >= 0.3 is 0 Å². The van der Waals surface area contributed by atoms with Crippen LogP contribution in [0.4, 0.5) is 5.69 Å². The number of benzene rings is 1. The molecule has 0 saturated carbocycles. The van der Waals surface area contributed by atoms with E-state index < -0.39 is 0 Å². The van der Waals surface area contributed by atoms with Crippen LogP contribution in [0, 0.1) is 0 Å². The zero-order valence-corrected chi connectivity index (χ0v) is 17.2. The monoisotopic (exact) mass is 410 g/mol. The molecule has 0 bridgehead atoms. The summed E-state index contributed by atoms with van der Waals surface area (Å²) in [6.07, 6.45) is 8.59. The second-order valence-corrected chi connectivity index (χ2v) is 8.27. The van der Waals surface area contributed by atoms with E-state index in [0.717, 1.165) is 57.7 Å². The molecular weight excluding hydrogens is 384 g/mol. The van der Waals surface area contributed by atoms with Crippen molar-refractivity contribution in [3.8, 4) is 5.75 Å². The predicted molar refractivity (Wildman–Crippen MR) is 116 cm³/mol. The van der Waals surface area contributed by atoms with Crippen LogP contribution in [0.5, 0.6) is 5.75 Å². The lowest BCUT2D eigenvalue weighted by atomic mass is 10.1. The van der Waals surface area contributed by atoms with Crippen LogP contribution in [-0.2, 0) is 17.8 Å². The molecule has 2 aromatic heterocycles. The Morgan fingerprint density at radius 1 is 1.14 bits per heavy atom. The highest BCUT2D eigenvalue weighted by Crippen LogP contribution is 2.23. The molecule has 1 aliphatic rings. The summed E-state index contributed by atoms with van der Waals surface area (Å²) in [5.74, 6) is 0.886. The van der Waals surface area contributed by atoms with E-state index in [0.29, 0.717) is 0 Å². The highest BCUT2D eigenvalue weighted by atomic mass is 32.1. The number of ether oxygens (including phenoxy) is 1. The van der Waals surface area contributed by atoms with Crippen LogP contribution in [0.1, 0.15) is 11.3 Å². The van der Waals surface area contributed by atoms with Gasteiger partial charge in [-0.15, -0.1) is 11.3 Å². The third-order valence-electron chi connectivity index (χ3n) is 5.23. The Kier molecular flexibility index (Phi) is 6.46. The number of imidazole rings is 1. The standard InChI is InChI=1S/C22H26N4O2S/c27-18-24-11-13-26(14-12-24)19-3-5-20(6-4-19)28-21(16-25-10-9-23-17-25)7-8-22-2-1-15-29-22/h1-6,9-10,15,17-18,21H,7-8,11-14,16H2. The minimum absolute atomic E-state index is 0.0771. The summed E-state index contributed by atoms with van der Waals surface area (Å²) in [5.41, 5.74) is 1.17. The third kappa shape index (κ3) is 5.38. The number of anilines is 1. The molecule has 4 rings (SSSR count). The second-order valence-electron chi connectivity index (χ2n) is 7.24. The van der Waals surface area contributed by atoms with Crippen LogP contribution in [0.15, 0.2) is 60.5 Å². The van der Waals surface area contributed by atoms with Gasteiger partial charge in [-0.3, -0.25) is 4.79 Å². The molecule has 1 unspecified atom stereocenters. The fourth-order valence-electron chi connectivity index (χ4n) is 3.59. The molecule has 7 heteroatoms. The zero-order chi connectivity index (χ0) is 19.9. The molecule has 1 aromatic carbocycles.